The molecule has 6 heteroatoms. The molecule has 4 rings (SSSR count). The van der Waals surface area contributed by atoms with Crippen LogP contribution in [0, 0.1) is 11.6 Å². The second-order valence-corrected chi connectivity index (χ2v) is 7.19. The van der Waals surface area contributed by atoms with E-state index >= 15 is 4.39 Å². The lowest BCUT2D eigenvalue weighted by atomic mass is 9.95. The zero-order valence-electron chi connectivity index (χ0n) is 13.3. The quantitative estimate of drug-likeness (QED) is 0.678. The van der Waals surface area contributed by atoms with Crippen molar-refractivity contribution in [3.8, 4) is 16.9 Å². The minimum Gasteiger partial charge on any atom is -0.487 e. The minimum atomic E-state index is -1.16. The summed E-state index contributed by atoms with van der Waals surface area (Å²) in [5.74, 6) is -1.99. The molecule has 1 N–H and O–H groups in total. The number of aromatic carboxylic acids is 1. The van der Waals surface area contributed by atoms with Crippen molar-refractivity contribution in [2.45, 2.75) is 25.9 Å². The van der Waals surface area contributed by atoms with Crippen molar-refractivity contribution in [3.63, 3.8) is 0 Å². The van der Waals surface area contributed by atoms with Gasteiger partial charge in [0.2, 0.25) is 0 Å². The van der Waals surface area contributed by atoms with Crippen LogP contribution >= 0.6 is 11.3 Å². The van der Waals surface area contributed by atoms with Crippen molar-refractivity contribution in [1.29, 1.82) is 0 Å². The lowest BCUT2D eigenvalue weighted by Gasteiger charge is -2.24. The predicted octanol–water partition coefficient (Wildman–Crippen LogP) is 5.26. The highest BCUT2D eigenvalue weighted by atomic mass is 32.1. The summed E-state index contributed by atoms with van der Waals surface area (Å²) in [4.78, 5) is 11.7. The second-order valence-electron chi connectivity index (χ2n) is 6.13. The lowest BCUT2D eigenvalue weighted by Crippen LogP contribution is -2.20. The van der Waals surface area contributed by atoms with Crippen molar-refractivity contribution in [3.05, 3.63) is 52.4 Å². The number of carboxylic acid groups (broad SMARTS) is 1. The third-order valence-corrected chi connectivity index (χ3v) is 5.57. The Kier molecular flexibility index (Phi) is 3.72. The summed E-state index contributed by atoms with van der Waals surface area (Å²) in [5, 5.41) is 10.1. The summed E-state index contributed by atoms with van der Waals surface area (Å²) in [5.41, 5.74) is 1.22. The smallest absolute Gasteiger partial charge is 0.346 e. The summed E-state index contributed by atoms with van der Waals surface area (Å²) >= 11 is 0.941. The number of aryl methyl sites for hydroxylation is 1. The molecule has 0 saturated heterocycles. The zero-order chi connectivity index (χ0) is 17.7. The zero-order valence-corrected chi connectivity index (χ0v) is 14.1. The van der Waals surface area contributed by atoms with E-state index < -0.39 is 17.6 Å². The molecule has 2 aromatic carbocycles. The third kappa shape index (κ3) is 2.57. The van der Waals surface area contributed by atoms with Crippen LogP contribution in [0.25, 0.3) is 21.2 Å². The number of hydrogen-bond donors (Lipinski definition) is 1. The van der Waals surface area contributed by atoms with Crippen LogP contribution in [0.4, 0.5) is 8.78 Å². The summed E-state index contributed by atoms with van der Waals surface area (Å²) in [6, 6.07) is 7.37. The first kappa shape index (κ1) is 16.0. The molecule has 3 nitrogen and oxygen atoms in total. The Morgan fingerprint density at radius 3 is 2.84 bits per heavy atom. The van der Waals surface area contributed by atoms with Gasteiger partial charge in [-0.2, -0.15) is 0 Å². The molecule has 1 aliphatic rings. The summed E-state index contributed by atoms with van der Waals surface area (Å²) in [7, 11) is 0. The van der Waals surface area contributed by atoms with E-state index in [1.165, 1.54) is 18.2 Å². The first-order valence-corrected chi connectivity index (χ1v) is 8.71. The van der Waals surface area contributed by atoms with Crippen LogP contribution < -0.4 is 4.74 Å². The number of halogens is 2. The van der Waals surface area contributed by atoms with E-state index in [9.17, 15) is 14.3 Å². The molecule has 128 valence electrons. The van der Waals surface area contributed by atoms with Crippen LogP contribution in [0.3, 0.4) is 0 Å². The number of hydrogen-bond acceptors (Lipinski definition) is 3. The Labute approximate surface area is 146 Å². The van der Waals surface area contributed by atoms with Crippen LogP contribution in [0.1, 0.15) is 28.6 Å². The maximum absolute atomic E-state index is 15.2. The largest absolute Gasteiger partial charge is 0.487 e. The van der Waals surface area contributed by atoms with Gasteiger partial charge in [0, 0.05) is 21.2 Å². The van der Waals surface area contributed by atoms with E-state index in [1.54, 1.807) is 12.1 Å². The first-order valence-electron chi connectivity index (χ1n) is 7.89. The number of ether oxygens (including phenoxy) is 1. The highest BCUT2D eigenvalue weighted by Crippen LogP contribution is 2.43. The van der Waals surface area contributed by atoms with E-state index in [1.807, 2.05) is 6.92 Å². The molecule has 0 spiro atoms. The van der Waals surface area contributed by atoms with Gasteiger partial charge in [-0.05, 0) is 43.5 Å². The molecule has 0 saturated carbocycles. The van der Waals surface area contributed by atoms with Crippen molar-refractivity contribution < 1.29 is 23.4 Å². The van der Waals surface area contributed by atoms with Crippen LogP contribution in [-0.2, 0) is 6.42 Å². The molecule has 3 aromatic rings. The fourth-order valence-electron chi connectivity index (χ4n) is 3.22. The van der Waals surface area contributed by atoms with E-state index in [-0.39, 0.29) is 27.9 Å². The van der Waals surface area contributed by atoms with E-state index in [2.05, 4.69) is 0 Å². The van der Waals surface area contributed by atoms with Crippen molar-refractivity contribution in [1.82, 2.24) is 0 Å². The van der Waals surface area contributed by atoms with Gasteiger partial charge in [0.15, 0.2) is 11.6 Å². The Balaban J connectivity index is 2.00. The van der Waals surface area contributed by atoms with Crippen molar-refractivity contribution in [2.24, 2.45) is 0 Å². The predicted molar refractivity (Wildman–Crippen MR) is 92.5 cm³/mol. The highest BCUT2D eigenvalue weighted by molar-refractivity contribution is 7.21. The fraction of sp³-hybridized carbons (Fsp3) is 0.211. The maximum Gasteiger partial charge on any atom is 0.346 e. The van der Waals surface area contributed by atoms with Crippen LogP contribution in [-0.4, -0.2) is 17.2 Å². The fourth-order valence-corrected chi connectivity index (χ4v) is 4.30. The van der Waals surface area contributed by atoms with E-state index in [0.717, 1.165) is 29.7 Å². The van der Waals surface area contributed by atoms with Gasteiger partial charge in [0.25, 0.3) is 0 Å². The number of carbonyl (C=O) groups is 1. The molecular formula is C19H14F2O3S. The van der Waals surface area contributed by atoms with Gasteiger partial charge in [-0.15, -0.1) is 11.3 Å². The molecule has 1 aromatic heterocycles. The molecule has 1 atom stereocenters. The number of fused-ring (bicyclic) bond motifs is 2. The van der Waals surface area contributed by atoms with Crippen LogP contribution in [0.5, 0.6) is 5.75 Å². The van der Waals surface area contributed by atoms with E-state index in [4.69, 9.17) is 4.74 Å². The SMILES string of the molecule is CC1CCc2ccc(-c3c(C(=O)O)sc4cc(F)ccc34)c(F)c2O1. The lowest BCUT2D eigenvalue weighted by molar-refractivity contribution is 0.0703. The molecule has 2 heterocycles. The van der Waals surface area contributed by atoms with Gasteiger partial charge in [0.1, 0.15) is 10.7 Å². The number of carboxylic acids is 1. The molecule has 0 aliphatic carbocycles. The van der Waals surface area contributed by atoms with Crippen LogP contribution in [0.15, 0.2) is 30.3 Å². The van der Waals surface area contributed by atoms with Gasteiger partial charge in [0.05, 0.1) is 6.10 Å². The molecule has 0 amide bonds. The Morgan fingerprint density at radius 1 is 1.28 bits per heavy atom. The van der Waals surface area contributed by atoms with Crippen molar-refractivity contribution in [2.75, 3.05) is 0 Å². The maximum atomic E-state index is 15.2. The Bertz CT molecular complexity index is 1010. The minimum absolute atomic E-state index is 0.0108. The standard InChI is InChI=1S/C19H14F2O3S/c1-9-2-3-10-4-6-13(16(21)17(10)24-9)15-12-7-5-11(20)8-14(12)25-18(15)19(22)23/h4-9H,2-3H2,1H3,(H,22,23). The molecule has 25 heavy (non-hydrogen) atoms. The molecular weight excluding hydrogens is 346 g/mol. The van der Waals surface area contributed by atoms with Crippen LogP contribution in [0.2, 0.25) is 0 Å². The Morgan fingerprint density at radius 2 is 2.08 bits per heavy atom. The molecule has 1 unspecified atom stereocenters. The van der Waals surface area contributed by atoms with Crippen molar-refractivity contribution >= 4 is 27.4 Å². The average molecular weight is 360 g/mol. The summed E-state index contributed by atoms with van der Waals surface area (Å²) in [6.07, 6.45) is 1.44. The third-order valence-electron chi connectivity index (χ3n) is 4.43. The summed E-state index contributed by atoms with van der Waals surface area (Å²) in [6.45, 7) is 1.88. The van der Waals surface area contributed by atoms with Gasteiger partial charge in [-0.25, -0.2) is 13.6 Å². The highest BCUT2D eigenvalue weighted by Gasteiger charge is 2.27. The summed E-state index contributed by atoms with van der Waals surface area (Å²) < 4.78 is 34.8. The normalized spacial score (nSPS) is 16.5. The Hall–Kier alpha value is -2.47. The van der Waals surface area contributed by atoms with Gasteiger partial charge < -0.3 is 9.84 Å². The van der Waals surface area contributed by atoms with Gasteiger partial charge >= 0.3 is 5.97 Å². The average Bonchev–Trinajstić information content (AvgIpc) is 2.94. The van der Waals surface area contributed by atoms with E-state index in [0.29, 0.717) is 10.1 Å². The molecule has 0 radical (unpaired) electrons. The topological polar surface area (TPSA) is 46.5 Å². The molecule has 0 bridgehead atoms. The van der Waals surface area contributed by atoms with Gasteiger partial charge in [-0.1, -0.05) is 12.1 Å². The molecule has 0 fully saturated rings. The van der Waals surface area contributed by atoms with Gasteiger partial charge in [-0.3, -0.25) is 0 Å². The second kappa shape index (κ2) is 5.81. The number of rotatable bonds is 2. The first-order chi connectivity index (χ1) is 12.0. The monoisotopic (exact) mass is 360 g/mol. The number of benzene rings is 2. The number of thiophene rings is 1. The molecule has 1 aliphatic heterocycles.